The summed E-state index contributed by atoms with van der Waals surface area (Å²) < 4.78 is 5.60. The fourth-order valence-corrected chi connectivity index (χ4v) is 8.00. The van der Waals surface area contributed by atoms with Crippen LogP contribution in [0.2, 0.25) is 0 Å². The molecule has 4 aliphatic rings. The number of benzene rings is 3. The maximum atomic E-state index is 13.3. The van der Waals surface area contributed by atoms with E-state index in [-0.39, 0.29) is 28.4 Å². The molecule has 1 saturated carbocycles. The Kier molecular flexibility index (Phi) is 7.14. The van der Waals surface area contributed by atoms with Crippen LogP contribution in [-0.4, -0.2) is 40.6 Å². The lowest BCUT2D eigenvalue weighted by Gasteiger charge is -2.27. The predicted molar refractivity (Wildman–Crippen MR) is 179 cm³/mol. The number of allylic oxidation sites excluding steroid dienone is 3. The molecule has 6 nitrogen and oxygen atoms in total. The van der Waals surface area contributed by atoms with Gasteiger partial charge in [-0.15, -0.1) is 0 Å². The zero-order valence-corrected chi connectivity index (χ0v) is 26.3. The largest absolute Gasteiger partial charge is 0.424 e. The van der Waals surface area contributed by atoms with Crippen molar-refractivity contribution in [1.29, 1.82) is 0 Å². The molecule has 2 unspecified atom stereocenters. The van der Waals surface area contributed by atoms with Crippen molar-refractivity contribution < 1.29 is 19.1 Å². The average molecular weight is 619 g/mol. The first-order valence-corrected chi connectivity index (χ1v) is 16.0. The summed E-state index contributed by atoms with van der Waals surface area (Å²) in [5, 5.41) is 0.0903. The van der Waals surface area contributed by atoms with E-state index in [0.29, 0.717) is 21.8 Å². The van der Waals surface area contributed by atoms with Crippen LogP contribution in [0.5, 0.6) is 0 Å². The molecule has 7 rings (SSSR count). The van der Waals surface area contributed by atoms with Crippen LogP contribution >= 0.6 is 24.0 Å². The molecule has 0 radical (unpaired) electrons. The second kappa shape index (κ2) is 11.0. The fourth-order valence-electron chi connectivity index (χ4n) is 6.84. The monoisotopic (exact) mass is 618 g/mol. The SMILES string of the molecule is C/C=C/C(S/C(=C\c1ccc2c(c1)C1CCCC1N2c1ccc2c(c1)C(=O)c1ccccc1-2)C(C)=O)=C1\OC(=S)N(C)C1=O. The smallest absolute Gasteiger partial charge is 0.298 e. The van der Waals surface area contributed by atoms with Crippen LogP contribution in [0.3, 0.4) is 0 Å². The number of ketones is 2. The van der Waals surface area contributed by atoms with Gasteiger partial charge in [0.1, 0.15) is 0 Å². The first-order chi connectivity index (χ1) is 21.3. The summed E-state index contributed by atoms with van der Waals surface area (Å²) in [6, 6.07) is 20.8. The van der Waals surface area contributed by atoms with Gasteiger partial charge < -0.3 is 9.64 Å². The van der Waals surface area contributed by atoms with Gasteiger partial charge in [0.25, 0.3) is 11.1 Å². The van der Waals surface area contributed by atoms with Crippen LogP contribution in [0.1, 0.15) is 66.1 Å². The lowest BCUT2D eigenvalue weighted by atomic mass is 9.96. The highest BCUT2D eigenvalue weighted by Gasteiger charge is 2.42. The van der Waals surface area contributed by atoms with E-state index in [4.69, 9.17) is 17.0 Å². The van der Waals surface area contributed by atoms with E-state index in [0.717, 1.165) is 58.5 Å². The maximum absolute atomic E-state index is 13.3. The van der Waals surface area contributed by atoms with E-state index in [9.17, 15) is 14.4 Å². The van der Waals surface area contributed by atoms with Gasteiger partial charge in [-0.05, 0) is 97.6 Å². The third-order valence-electron chi connectivity index (χ3n) is 8.88. The number of rotatable bonds is 6. The molecule has 0 aromatic heterocycles. The Morgan fingerprint density at radius 3 is 2.50 bits per heavy atom. The minimum Gasteiger partial charge on any atom is -0.424 e. The average Bonchev–Trinajstić information content (AvgIpc) is 3.75. The van der Waals surface area contributed by atoms with Gasteiger partial charge >= 0.3 is 0 Å². The summed E-state index contributed by atoms with van der Waals surface area (Å²) in [6.45, 7) is 3.38. The first-order valence-electron chi connectivity index (χ1n) is 14.8. The summed E-state index contributed by atoms with van der Waals surface area (Å²) in [6.07, 6.45) is 8.77. The highest BCUT2D eigenvalue weighted by Crippen LogP contribution is 2.53. The summed E-state index contributed by atoms with van der Waals surface area (Å²) >= 11 is 6.36. The molecule has 3 aromatic rings. The van der Waals surface area contributed by atoms with Crippen molar-refractivity contribution in [3.05, 3.63) is 111 Å². The number of Topliss-reactive ketones (excluding diaryl/α,β-unsaturated/α-hetero) is 1. The van der Waals surface area contributed by atoms with E-state index < -0.39 is 0 Å². The molecule has 220 valence electrons. The summed E-state index contributed by atoms with van der Waals surface area (Å²) in [5.74, 6) is 0.140. The Morgan fingerprint density at radius 2 is 1.77 bits per heavy atom. The minimum atomic E-state index is -0.333. The Bertz CT molecular complexity index is 1890. The van der Waals surface area contributed by atoms with E-state index in [1.165, 1.54) is 29.1 Å². The number of carbonyl (C=O) groups excluding carboxylic acids is 3. The molecule has 0 N–H and O–H groups in total. The number of anilines is 2. The quantitative estimate of drug-likeness (QED) is 0.161. The molecule has 2 fully saturated rings. The molecule has 2 heterocycles. The Morgan fingerprint density at radius 1 is 1.00 bits per heavy atom. The standard InChI is InChI=1S/C36H30N2O4S2/c1-4-8-31(34-35(41)37(3)36(43)42-34)44-32(20(2)39)18-21-13-16-30-27(17-21)25-11-7-12-29(25)38(30)22-14-15-24-23-9-5-6-10-26(23)33(40)28(24)19-22/h4-6,8-10,13-19,25,29H,7,11-12H2,1-3H3/b8-4+,32-18-,34-31+. The van der Waals surface area contributed by atoms with Crippen molar-refractivity contribution in [2.24, 2.45) is 0 Å². The normalized spacial score (nSPS) is 21.5. The Balaban J connectivity index is 1.24. The molecule has 8 heteroatoms. The lowest BCUT2D eigenvalue weighted by molar-refractivity contribution is -0.122. The van der Waals surface area contributed by atoms with Gasteiger partial charge in [0.05, 0.1) is 9.81 Å². The van der Waals surface area contributed by atoms with Gasteiger partial charge in [0.2, 0.25) is 5.76 Å². The third kappa shape index (κ3) is 4.55. The van der Waals surface area contributed by atoms with Crippen molar-refractivity contribution in [3.8, 4) is 11.1 Å². The van der Waals surface area contributed by atoms with Gasteiger partial charge in [-0.25, -0.2) is 0 Å². The number of ether oxygens (including phenoxy) is 1. The molecule has 2 aliphatic heterocycles. The second-order valence-corrected chi connectivity index (χ2v) is 12.9. The topological polar surface area (TPSA) is 66.9 Å². The molecular formula is C36H30N2O4S2. The van der Waals surface area contributed by atoms with Gasteiger partial charge in [0.15, 0.2) is 11.6 Å². The molecule has 0 bridgehead atoms. The molecule has 0 spiro atoms. The van der Waals surface area contributed by atoms with Crippen LogP contribution in [-0.2, 0) is 14.3 Å². The molecule has 3 aromatic carbocycles. The number of thiocarbonyl (C=S) groups is 1. The van der Waals surface area contributed by atoms with Crippen molar-refractivity contribution in [2.45, 2.75) is 45.1 Å². The number of hydrogen-bond acceptors (Lipinski definition) is 7. The highest BCUT2D eigenvalue weighted by atomic mass is 32.2. The predicted octanol–water partition coefficient (Wildman–Crippen LogP) is 7.91. The number of thioether (sulfide) groups is 1. The van der Waals surface area contributed by atoms with Crippen molar-refractivity contribution in [1.82, 2.24) is 4.90 Å². The molecule has 1 saturated heterocycles. The van der Waals surface area contributed by atoms with Crippen LogP contribution in [0.15, 0.2) is 88.4 Å². The number of amides is 1. The second-order valence-electron chi connectivity index (χ2n) is 11.5. The molecule has 2 atom stereocenters. The molecule has 44 heavy (non-hydrogen) atoms. The number of likely N-dealkylation sites (N-methyl/N-ethyl adjacent to an activating group) is 1. The van der Waals surface area contributed by atoms with Gasteiger partial charge in [-0.3, -0.25) is 19.3 Å². The van der Waals surface area contributed by atoms with E-state index in [2.05, 4.69) is 35.2 Å². The summed E-state index contributed by atoms with van der Waals surface area (Å²) in [5.41, 5.74) is 7.89. The van der Waals surface area contributed by atoms with Gasteiger partial charge in [-0.2, -0.15) is 0 Å². The zero-order chi connectivity index (χ0) is 30.7. The zero-order valence-electron chi connectivity index (χ0n) is 24.6. The lowest BCUT2D eigenvalue weighted by Crippen LogP contribution is -2.26. The van der Waals surface area contributed by atoms with Crippen molar-refractivity contribution in [3.63, 3.8) is 0 Å². The van der Waals surface area contributed by atoms with Crippen LogP contribution in [0.25, 0.3) is 17.2 Å². The third-order valence-corrected chi connectivity index (χ3v) is 10.4. The van der Waals surface area contributed by atoms with E-state index >= 15 is 0 Å². The van der Waals surface area contributed by atoms with Gasteiger partial charge in [0, 0.05) is 41.5 Å². The summed E-state index contributed by atoms with van der Waals surface area (Å²) in [7, 11) is 1.57. The summed E-state index contributed by atoms with van der Waals surface area (Å²) in [4.78, 5) is 43.6. The van der Waals surface area contributed by atoms with Crippen molar-refractivity contribution in [2.75, 3.05) is 11.9 Å². The first kappa shape index (κ1) is 28.5. The van der Waals surface area contributed by atoms with Crippen LogP contribution in [0.4, 0.5) is 11.4 Å². The number of carbonyl (C=O) groups is 3. The number of fused-ring (bicyclic) bond motifs is 6. The van der Waals surface area contributed by atoms with E-state index in [1.54, 1.807) is 19.2 Å². The number of hydrogen-bond donors (Lipinski definition) is 0. The number of nitrogens with zero attached hydrogens (tertiary/aromatic N) is 2. The molecule has 2 aliphatic carbocycles. The molecular weight excluding hydrogens is 589 g/mol. The highest BCUT2D eigenvalue weighted by molar-refractivity contribution is 8.08. The van der Waals surface area contributed by atoms with E-state index in [1.807, 2.05) is 43.3 Å². The Hall–Kier alpha value is -4.27. The van der Waals surface area contributed by atoms with Gasteiger partial charge in [-0.1, -0.05) is 60.7 Å². The maximum Gasteiger partial charge on any atom is 0.298 e. The molecule has 1 amide bonds. The van der Waals surface area contributed by atoms with Crippen LogP contribution in [0, 0.1) is 0 Å². The van der Waals surface area contributed by atoms with Crippen LogP contribution < -0.4 is 4.90 Å². The fraction of sp³-hybridized carbons (Fsp3) is 0.222. The van der Waals surface area contributed by atoms with Crippen molar-refractivity contribution >= 4 is 64.1 Å². The minimum absolute atomic E-state index is 0.0833. The Labute approximate surface area is 266 Å².